The highest BCUT2D eigenvalue weighted by molar-refractivity contribution is 8.01. The van der Waals surface area contributed by atoms with E-state index in [4.69, 9.17) is 11.6 Å². The lowest BCUT2D eigenvalue weighted by Gasteiger charge is -2.37. The van der Waals surface area contributed by atoms with Crippen LogP contribution >= 0.6 is 47.1 Å². The van der Waals surface area contributed by atoms with Crippen molar-refractivity contribution in [3.63, 3.8) is 0 Å². The number of hydrogen-bond donors (Lipinski definition) is 2. The van der Waals surface area contributed by atoms with E-state index in [0.29, 0.717) is 82.3 Å². The Morgan fingerprint density at radius 3 is 2.08 bits per heavy atom. The summed E-state index contributed by atoms with van der Waals surface area (Å²) in [4.78, 5) is 6.38. The Labute approximate surface area is 378 Å². The van der Waals surface area contributed by atoms with Crippen LogP contribution in [0.3, 0.4) is 0 Å². The first-order chi connectivity index (χ1) is 29.5. The van der Waals surface area contributed by atoms with E-state index in [0.717, 1.165) is 21.8 Å². The molecule has 16 heteroatoms. The number of benzene rings is 5. The predicted octanol–water partition coefficient (Wildman–Crippen LogP) is 13.2. The molecule has 326 valence electrons. The van der Waals surface area contributed by atoms with Crippen LogP contribution in [0.4, 0.5) is 40.3 Å². The lowest BCUT2D eigenvalue weighted by atomic mass is 9.99. The average molecular weight is 941 g/mol. The molecule has 1 aromatic heterocycles. The molecule has 62 heavy (non-hydrogen) atoms. The van der Waals surface area contributed by atoms with E-state index < -0.39 is 21.2 Å². The van der Waals surface area contributed by atoms with E-state index in [2.05, 4.69) is 19.8 Å². The molecule has 0 amide bonds. The van der Waals surface area contributed by atoms with Crippen LogP contribution < -0.4 is 19.8 Å². The summed E-state index contributed by atoms with van der Waals surface area (Å²) in [5, 5.41) is 3.72. The van der Waals surface area contributed by atoms with Crippen molar-refractivity contribution in [2.45, 2.75) is 51.9 Å². The summed E-state index contributed by atoms with van der Waals surface area (Å²) < 4.78 is 88.4. The third-order valence-electron chi connectivity index (χ3n) is 10.3. The summed E-state index contributed by atoms with van der Waals surface area (Å²) in [5.74, 6) is 0.239. The molecular formula is C46H46ClF4N5O2S4. The molecule has 0 spiro atoms. The van der Waals surface area contributed by atoms with Crippen LogP contribution in [0.25, 0.3) is 22.4 Å². The Balaban J connectivity index is 1.01. The highest BCUT2D eigenvalue weighted by Gasteiger charge is 2.32. The summed E-state index contributed by atoms with van der Waals surface area (Å²) in [5.41, 5.74) is 1.46. The van der Waals surface area contributed by atoms with Gasteiger partial charge in [0.25, 0.3) is 0 Å². The Morgan fingerprint density at radius 2 is 1.45 bits per heavy atom. The van der Waals surface area contributed by atoms with E-state index in [9.17, 15) is 21.6 Å². The SMILES string of the molecule is Cc1c(S(C)(=O)=O)c(-c2cc(F)cc(N3CCN(c4ccc(NSc5ccc(NCCSc6ccccc6)c(SC(F)(F)F)c5)cc4)CC3)c2)c(-c2ccc(Cl)cc2)n1C(C)C. The van der Waals surface area contributed by atoms with Crippen molar-refractivity contribution in [1.82, 2.24) is 4.57 Å². The third kappa shape index (κ3) is 11.2. The van der Waals surface area contributed by atoms with Crippen LogP contribution in [0.5, 0.6) is 0 Å². The van der Waals surface area contributed by atoms with Crippen LogP contribution in [0, 0.1) is 12.7 Å². The fourth-order valence-corrected chi connectivity index (χ4v) is 11.3. The van der Waals surface area contributed by atoms with Crippen molar-refractivity contribution in [3.8, 4) is 22.4 Å². The Morgan fingerprint density at radius 1 is 0.790 bits per heavy atom. The first-order valence-corrected chi connectivity index (χ1v) is 24.8. The Kier molecular flexibility index (Phi) is 14.4. The lowest BCUT2D eigenvalue weighted by Crippen LogP contribution is -2.46. The van der Waals surface area contributed by atoms with E-state index >= 15 is 4.39 Å². The van der Waals surface area contributed by atoms with Crippen LogP contribution in [0.2, 0.25) is 5.02 Å². The van der Waals surface area contributed by atoms with Gasteiger partial charge in [-0.3, -0.25) is 0 Å². The van der Waals surface area contributed by atoms with Gasteiger partial charge in [0.15, 0.2) is 9.84 Å². The smallest absolute Gasteiger partial charge is 0.383 e. The number of rotatable bonds is 15. The molecule has 6 aromatic rings. The number of thioether (sulfide) groups is 2. The summed E-state index contributed by atoms with van der Waals surface area (Å²) in [6.07, 6.45) is 1.19. The maximum Gasteiger partial charge on any atom is 0.446 e. The quantitative estimate of drug-likeness (QED) is 0.0453. The van der Waals surface area contributed by atoms with Crippen LogP contribution in [0.1, 0.15) is 25.6 Å². The van der Waals surface area contributed by atoms with E-state index in [1.54, 1.807) is 49.0 Å². The molecule has 0 radical (unpaired) electrons. The number of sulfone groups is 1. The Hall–Kier alpha value is -4.41. The molecule has 2 N–H and O–H groups in total. The summed E-state index contributed by atoms with van der Waals surface area (Å²) >= 11 is 8.99. The highest BCUT2D eigenvalue weighted by atomic mass is 35.5. The topological polar surface area (TPSA) is 69.6 Å². The van der Waals surface area contributed by atoms with Gasteiger partial charge in [-0.05, 0) is 141 Å². The van der Waals surface area contributed by atoms with Gasteiger partial charge in [0.1, 0.15) is 5.82 Å². The molecule has 1 aliphatic heterocycles. The molecule has 7 nitrogen and oxygen atoms in total. The van der Waals surface area contributed by atoms with Gasteiger partial charge in [-0.2, -0.15) is 13.2 Å². The zero-order valence-electron chi connectivity index (χ0n) is 34.5. The van der Waals surface area contributed by atoms with Crippen molar-refractivity contribution in [1.29, 1.82) is 0 Å². The van der Waals surface area contributed by atoms with Gasteiger partial charge in [0, 0.05) is 104 Å². The molecule has 0 unspecified atom stereocenters. The number of alkyl halides is 3. The molecule has 7 rings (SSSR count). The zero-order valence-corrected chi connectivity index (χ0v) is 38.5. The average Bonchev–Trinajstić information content (AvgIpc) is 3.56. The van der Waals surface area contributed by atoms with E-state index in [1.807, 2.05) is 91.2 Å². The normalized spacial score (nSPS) is 13.5. The second-order valence-corrected chi connectivity index (χ2v) is 20.6. The largest absolute Gasteiger partial charge is 0.446 e. The molecule has 0 saturated carbocycles. The second kappa shape index (κ2) is 19.5. The molecule has 0 bridgehead atoms. The van der Waals surface area contributed by atoms with Gasteiger partial charge < -0.3 is 24.4 Å². The number of halogens is 5. The Bertz CT molecular complexity index is 2600. The summed E-state index contributed by atoms with van der Waals surface area (Å²) in [7, 11) is -3.73. The molecule has 2 heterocycles. The number of nitrogens with one attached hydrogen (secondary N) is 2. The standard InChI is InChI=1S/C46H46ClF4N5O2S4/c1-30(2)56-31(3)45(62(4,57)58)43(44(56)32-10-12-34(47)13-11-32)33-26-35(48)28-38(27-33)55-23-21-54(22-24-55)37-16-14-36(15-17-37)53-61-40-18-19-41(42(29-40)60-46(49,50)51)52-20-25-59-39-8-6-5-7-9-39/h5-19,26-30,52-53H,20-25H2,1-4H3. The maximum atomic E-state index is 15.6. The van der Waals surface area contributed by atoms with Gasteiger partial charge in [-0.15, -0.1) is 11.8 Å². The van der Waals surface area contributed by atoms with Gasteiger partial charge >= 0.3 is 5.51 Å². The van der Waals surface area contributed by atoms with Gasteiger partial charge in [-0.25, -0.2) is 12.8 Å². The van der Waals surface area contributed by atoms with Crippen LogP contribution in [-0.2, 0) is 9.84 Å². The van der Waals surface area contributed by atoms with Crippen molar-refractivity contribution in [2.75, 3.05) is 64.6 Å². The first-order valence-electron chi connectivity index (χ1n) is 19.9. The van der Waals surface area contributed by atoms with Crippen molar-refractivity contribution >= 4 is 79.7 Å². The number of aromatic nitrogens is 1. The molecule has 0 aliphatic carbocycles. The van der Waals surface area contributed by atoms with Gasteiger partial charge in [0.05, 0.1) is 10.6 Å². The molecule has 1 fully saturated rings. The minimum atomic E-state index is -4.43. The van der Waals surface area contributed by atoms with Crippen molar-refractivity contribution in [2.24, 2.45) is 0 Å². The fraction of sp³-hybridized carbons (Fsp3) is 0.261. The number of anilines is 4. The molecule has 1 saturated heterocycles. The molecular weight excluding hydrogens is 894 g/mol. The predicted molar refractivity (Wildman–Crippen MR) is 253 cm³/mol. The second-order valence-electron chi connectivity index (χ2n) is 15.1. The van der Waals surface area contributed by atoms with E-state index in [1.165, 1.54) is 30.3 Å². The lowest BCUT2D eigenvalue weighted by molar-refractivity contribution is -0.0328. The first kappa shape index (κ1) is 45.6. The molecule has 5 aromatic carbocycles. The number of hydrogen-bond acceptors (Lipinski definition) is 9. The van der Waals surface area contributed by atoms with Crippen molar-refractivity contribution < 1.29 is 26.0 Å². The molecule has 1 aliphatic rings. The molecule has 0 atom stereocenters. The van der Waals surface area contributed by atoms with Gasteiger partial charge in [-0.1, -0.05) is 41.9 Å². The monoisotopic (exact) mass is 939 g/mol. The van der Waals surface area contributed by atoms with Crippen LogP contribution in [-0.4, -0.2) is 63.2 Å². The van der Waals surface area contributed by atoms with Crippen LogP contribution in [0.15, 0.2) is 135 Å². The fourth-order valence-electron chi connectivity index (χ4n) is 7.72. The maximum absolute atomic E-state index is 15.6. The summed E-state index contributed by atoms with van der Waals surface area (Å²) in [6.45, 7) is 8.81. The van der Waals surface area contributed by atoms with Gasteiger partial charge in [0.2, 0.25) is 0 Å². The van der Waals surface area contributed by atoms with Crippen molar-refractivity contribution in [3.05, 3.63) is 132 Å². The summed E-state index contributed by atoms with van der Waals surface area (Å²) in [6, 6.07) is 34.7. The van der Waals surface area contributed by atoms with E-state index in [-0.39, 0.29) is 27.6 Å². The highest BCUT2D eigenvalue weighted by Crippen LogP contribution is 2.45. The zero-order chi connectivity index (χ0) is 44.2. The number of nitrogens with zero attached hydrogens (tertiary/aromatic N) is 3. The third-order valence-corrected chi connectivity index (χ3v) is 14.5. The number of piperazine rings is 1. The minimum absolute atomic E-state index is 0.0842. The minimum Gasteiger partial charge on any atom is -0.383 e.